The molecular formula is C22H25N3O5S. The van der Waals surface area contributed by atoms with Crippen molar-refractivity contribution in [2.75, 3.05) is 26.2 Å². The molecule has 0 saturated carbocycles. The van der Waals surface area contributed by atoms with Gasteiger partial charge in [0.15, 0.2) is 0 Å². The SMILES string of the molecule is Cc1cc(C(=O)N2CCN(S(=O)(=O)c3ccc4c(c3)CCCC4)CC2)ccc1[N+](=O)[O-]. The van der Waals surface area contributed by atoms with Gasteiger partial charge in [0.1, 0.15) is 0 Å². The molecule has 4 rings (SSSR count). The Hall–Kier alpha value is -2.78. The first kappa shape index (κ1) is 21.5. The first-order chi connectivity index (χ1) is 14.8. The molecule has 1 heterocycles. The Labute approximate surface area is 181 Å². The summed E-state index contributed by atoms with van der Waals surface area (Å²) in [7, 11) is -3.61. The van der Waals surface area contributed by atoms with E-state index < -0.39 is 14.9 Å². The Morgan fingerprint density at radius 3 is 2.29 bits per heavy atom. The quantitative estimate of drug-likeness (QED) is 0.534. The van der Waals surface area contributed by atoms with Crippen molar-refractivity contribution in [1.29, 1.82) is 0 Å². The first-order valence-electron chi connectivity index (χ1n) is 10.4. The maximum Gasteiger partial charge on any atom is 0.272 e. The van der Waals surface area contributed by atoms with Gasteiger partial charge in [0.2, 0.25) is 10.0 Å². The zero-order valence-corrected chi connectivity index (χ0v) is 18.2. The van der Waals surface area contributed by atoms with Gasteiger partial charge in [0.05, 0.1) is 9.82 Å². The molecule has 2 aliphatic rings. The minimum Gasteiger partial charge on any atom is -0.336 e. The van der Waals surface area contributed by atoms with Crippen molar-refractivity contribution in [2.24, 2.45) is 0 Å². The summed E-state index contributed by atoms with van der Waals surface area (Å²) >= 11 is 0. The number of hydrogen-bond donors (Lipinski definition) is 0. The third-order valence-corrected chi connectivity index (χ3v) is 8.02. The third kappa shape index (κ3) is 4.20. The van der Waals surface area contributed by atoms with Crippen LogP contribution < -0.4 is 0 Å². The van der Waals surface area contributed by atoms with Gasteiger partial charge in [0, 0.05) is 43.4 Å². The molecule has 0 bridgehead atoms. The van der Waals surface area contributed by atoms with Crippen LogP contribution in [0.2, 0.25) is 0 Å². The Kier molecular flexibility index (Phi) is 5.81. The van der Waals surface area contributed by atoms with Crippen LogP contribution >= 0.6 is 0 Å². The van der Waals surface area contributed by atoms with E-state index in [1.807, 2.05) is 6.07 Å². The van der Waals surface area contributed by atoms with Gasteiger partial charge in [-0.15, -0.1) is 0 Å². The Morgan fingerprint density at radius 2 is 1.65 bits per heavy atom. The summed E-state index contributed by atoms with van der Waals surface area (Å²) in [6.45, 7) is 2.59. The number of amides is 1. The number of nitro benzene ring substituents is 1. The van der Waals surface area contributed by atoms with E-state index in [4.69, 9.17) is 0 Å². The fourth-order valence-corrected chi connectivity index (χ4v) is 5.80. The Bertz CT molecular complexity index is 1140. The van der Waals surface area contributed by atoms with Gasteiger partial charge >= 0.3 is 0 Å². The zero-order valence-electron chi connectivity index (χ0n) is 17.4. The molecule has 8 nitrogen and oxygen atoms in total. The second-order valence-corrected chi connectivity index (χ2v) is 10.0. The smallest absolute Gasteiger partial charge is 0.272 e. The first-order valence-corrected chi connectivity index (χ1v) is 11.9. The number of fused-ring (bicyclic) bond motifs is 1. The molecule has 0 unspecified atom stereocenters. The topological polar surface area (TPSA) is 101 Å². The van der Waals surface area contributed by atoms with Crippen molar-refractivity contribution in [3.05, 3.63) is 68.8 Å². The summed E-state index contributed by atoms with van der Waals surface area (Å²) < 4.78 is 27.7. The van der Waals surface area contributed by atoms with Crippen LogP contribution in [0.5, 0.6) is 0 Å². The van der Waals surface area contributed by atoms with E-state index in [9.17, 15) is 23.3 Å². The molecule has 31 heavy (non-hydrogen) atoms. The van der Waals surface area contributed by atoms with Gasteiger partial charge in [-0.2, -0.15) is 4.31 Å². The van der Waals surface area contributed by atoms with Crippen molar-refractivity contribution in [2.45, 2.75) is 37.5 Å². The predicted octanol–water partition coefficient (Wildman–Crippen LogP) is 2.93. The number of sulfonamides is 1. The molecule has 1 aliphatic carbocycles. The van der Waals surface area contributed by atoms with Crippen LogP contribution in [0.3, 0.4) is 0 Å². The van der Waals surface area contributed by atoms with E-state index in [-0.39, 0.29) is 37.8 Å². The van der Waals surface area contributed by atoms with Crippen molar-refractivity contribution >= 4 is 21.6 Å². The number of aryl methyl sites for hydroxylation is 3. The lowest BCUT2D eigenvalue weighted by Crippen LogP contribution is -2.50. The summed E-state index contributed by atoms with van der Waals surface area (Å²) in [5.41, 5.74) is 3.12. The van der Waals surface area contributed by atoms with Crippen molar-refractivity contribution in [3.8, 4) is 0 Å². The summed E-state index contributed by atoms with van der Waals surface area (Å²) in [5, 5.41) is 11.0. The van der Waals surface area contributed by atoms with Crippen LogP contribution in [0.4, 0.5) is 5.69 Å². The molecule has 0 atom stereocenters. The molecule has 1 saturated heterocycles. The van der Waals surface area contributed by atoms with Crippen LogP contribution in [-0.2, 0) is 22.9 Å². The van der Waals surface area contributed by atoms with Crippen molar-refractivity contribution in [3.63, 3.8) is 0 Å². The van der Waals surface area contributed by atoms with Crippen LogP contribution in [0.25, 0.3) is 0 Å². The number of piperazine rings is 1. The molecular weight excluding hydrogens is 418 g/mol. The normalized spacial score (nSPS) is 17.3. The molecule has 2 aromatic carbocycles. The molecule has 0 N–H and O–H groups in total. The van der Waals surface area contributed by atoms with Crippen molar-refractivity contribution in [1.82, 2.24) is 9.21 Å². The maximum atomic E-state index is 13.1. The Balaban J connectivity index is 1.45. The highest BCUT2D eigenvalue weighted by molar-refractivity contribution is 7.89. The molecule has 0 radical (unpaired) electrons. The molecule has 0 spiro atoms. The second-order valence-electron chi connectivity index (χ2n) is 8.09. The number of nitrogens with zero attached hydrogens (tertiary/aromatic N) is 3. The van der Waals surface area contributed by atoms with E-state index in [1.54, 1.807) is 24.0 Å². The van der Waals surface area contributed by atoms with Gasteiger partial charge < -0.3 is 4.90 Å². The largest absolute Gasteiger partial charge is 0.336 e. The molecule has 164 valence electrons. The van der Waals surface area contributed by atoms with E-state index in [0.29, 0.717) is 16.0 Å². The molecule has 2 aromatic rings. The summed E-state index contributed by atoms with van der Waals surface area (Å²) in [6.07, 6.45) is 4.14. The average molecular weight is 444 g/mol. The van der Waals surface area contributed by atoms with E-state index >= 15 is 0 Å². The van der Waals surface area contributed by atoms with Crippen molar-refractivity contribution < 1.29 is 18.1 Å². The summed E-state index contributed by atoms with van der Waals surface area (Å²) in [5.74, 6) is -0.246. The number of carbonyl (C=O) groups excluding carboxylic acids is 1. The molecule has 9 heteroatoms. The van der Waals surface area contributed by atoms with Gasteiger partial charge in [-0.05, 0) is 68.0 Å². The zero-order chi connectivity index (χ0) is 22.2. The predicted molar refractivity (Wildman–Crippen MR) is 116 cm³/mol. The van der Waals surface area contributed by atoms with E-state index in [0.717, 1.165) is 31.2 Å². The number of nitro groups is 1. The van der Waals surface area contributed by atoms with E-state index in [1.165, 1.54) is 28.1 Å². The Morgan fingerprint density at radius 1 is 0.968 bits per heavy atom. The van der Waals surface area contributed by atoms with Gasteiger partial charge in [-0.25, -0.2) is 8.42 Å². The van der Waals surface area contributed by atoms with Gasteiger partial charge in [-0.3, -0.25) is 14.9 Å². The highest BCUT2D eigenvalue weighted by atomic mass is 32.2. The standard InChI is InChI=1S/C22H25N3O5S/c1-16-14-19(7-9-21(16)25(27)28)22(26)23-10-12-24(13-11-23)31(29,30)20-8-6-17-4-2-3-5-18(17)15-20/h6-9,14-15H,2-5,10-13H2,1H3. The van der Waals surface area contributed by atoms with Gasteiger partial charge in [0.25, 0.3) is 11.6 Å². The lowest BCUT2D eigenvalue weighted by molar-refractivity contribution is -0.385. The fourth-order valence-electron chi connectivity index (χ4n) is 4.33. The van der Waals surface area contributed by atoms with Crippen LogP contribution in [0.1, 0.15) is 39.9 Å². The van der Waals surface area contributed by atoms with Crippen LogP contribution in [0.15, 0.2) is 41.3 Å². The molecule has 1 fully saturated rings. The van der Waals surface area contributed by atoms with Gasteiger partial charge in [-0.1, -0.05) is 6.07 Å². The minimum absolute atomic E-state index is 0.0301. The third-order valence-electron chi connectivity index (χ3n) is 6.12. The summed E-state index contributed by atoms with van der Waals surface area (Å²) in [6, 6.07) is 9.72. The highest BCUT2D eigenvalue weighted by Gasteiger charge is 2.31. The minimum atomic E-state index is -3.61. The number of benzene rings is 2. The fraction of sp³-hybridized carbons (Fsp3) is 0.409. The molecule has 0 aromatic heterocycles. The number of hydrogen-bond acceptors (Lipinski definition) is 5. The van der Waals surface area contributed by atoms with Crippen LogP contribution in [0, 0.1) is 17.0 Å². The number of carbonyl (C=O) groups is 1. The average Bonchev–Trinajstić information content (AvgIpc) is 2.78. The molecule has 1 aliphatic heterocycles. The van der Waals surface area contributed by atoms with Crippen LogP contribution in [-0.4, -0.2) is 54.6 Å². The lowest BCUT2D eigenvalue weighted by atomic mass is 9.92. The second kappa shape index (κ2) is 8.39. The van der Waals surface area contributed by atoms with E-state index in [2.05, 4.69) is 0 Å². The molecule has 1 amide bonds. The summed E-state index contributed by atoms with van der Waals surface area (Å²) in [4.78, 5) is 25.2. The maximum absolute atomic E-state index is 13.1. The lowest BCUT2D eigenvalue weighted by Gasteiger charge is -2.34. The number of rotatable bonds is 4. The highest BCUT2D eigenvalue weighted by Crippen LogP contribution is 2.26. The monoisotopic (exact) mass is 443 g/mol.